The Bertz CT molecular complexity index is 867. The topological polar surface area (TPSA) is 63.2 Å². The van der Waals surface area contributed by atoms with Gasteiger partial charge in [0.25, 0.3) is 0 Å². The fourth-order valence-electron chi connectivity index (χ4n) is 7.41. The second-order valence-electron chi connectivity index (χ2n) is 8.71. The van der Waals surface area contributed by atoms with E-state index < -0.39 is 15.9 Å². The molecule has 4 aliphatic rings. The van der Waals surface area contributed by atoms with Crippen molar-refractivity contribution in [3.8, 4) is 0 Å². The van der Waals surface area contributed by atoms with E-state index in [-0.39, 0.29) is 17.7 Å². The average Bonchev–Trinajstić information content (AvgIpc) is 3.01. The molecule has 134 valence electrons. The molecule has 0 aromatic heterocycles. The number of nitrogens with one attached hydrogen (secondary N) is 1. The van der Waals surface area contributed by atoms with Crippen LogP contribution in [0.5, 0.6) is 0 Å². The lowest BCUT2D eigenvalue weighted by Crippen LogP contribution is -2.74. The standard InChI is InChI=1S/C19H22FNO3S/c1-25(23,24)21-17(22)10-19(12-2-4-14(20)5-3-12)15-7-11-6-13-8-16(19)18(13,15)9-11/h2-5,11,13,15-16H,6-10H2,1H3,(H,21,22). The monoisotopic (exact) mass is 363 g/mol. The molecule has 0 aliphatic heterocycles. The second kappa shape index (κ2) is 4.64. The van der Waals surface area contributed by atoms with Gasteiger partial charge in [-0.25, -0.2) is 12.8 Å². The summed E-state index contributed by atoms with van der Waals surface area (Å²) >= 11 is 0. The Labute approximate surface area is 147 Å². The maximum absolute atomic E-state index is 13.4. The summed E-state index contributed by atoms with van der Waals surface area (Å²) in [5, 5.41) is 0. The van der Waals surface area contributed by atoms with E-state index in [0.29, 0.717) is 17.3 Å². The Morgan fingerprint density at radius 1 is 1.20 bits per heavy atom. The van der Waals surface area contributed by atoms with Gasteiger partial charge in [-0.3, -0.25) is 9.52 Å². The van der Waals surface area contributed by atoms with Gasteiger partial charge in [-0.2, -0.15) is 0 Å². The van der Waals surface area contributed by atoms with Gasteiger partial charge in [-0.1, -0.05) is 12.1 Å². The summed E-state index contributed by atoms with van der Waals surface area (Å²) in [4.78, 5) is 12.5. The Balaban J connectivity index is 1.54. The van der Waals surface area contributed by atoms with E-state index in [1.165, 1.54) is 25.0 Å². The molecule has 0 radical (unpaired) electrons. The van der Waals surface area contributed by atoms with Crippen molar-refractivity contribution in [2.75, 3.05) is 6.26 Å². The number of benzene rings is 1. The molecule has 4 aliphatic carbocycles. The molecule has 25 heavy (non-hydrogen) atoms. The largest absolute Gasteiger partial charge is 0.274 e. The fourth-order valence-corrected chi connectivity index (χ4v) is 7.89. The van der Waals surface area contributed by atoms with E-state index in [4.69, 9.17) is 0 Å². The van der Waals surface area contributed by atoms with Crippen LogP contribution in [-0.4, -0.2) is 20.6 Å². The number of hydrogen-bond acceptors (Lipinski definition) is 3. The van der Waals surface area contributed by atoms with Gasteiger partial charge in [0.15, 0.2) is 0 Å². The molecule has 1 aromatic rings. The summed E-state index contributed by atoms with van der Waals surface area (Å²) in [5.41, 5.74) is 1.06. The molecular formula is C19H22FNO3S. The van der Waals surface area contributed by atoms with Gasteiger partial charge in [0, 0.05) is 11.8 Å². The normalized spacial score (nSPS) is 43.1. The lowest BCUT2D eigenvalue weighted by atomic mass is 9.27. The van der Waals surface area contributed by atoms with Gasteiger partial charge in [-0.05, 0) is 72.5 Å². The first-order chi connectivity index (χ1) is 11.8. The second-order valence-corrected chi connectivity index (χ2v) is 10.5. The van der Waals surface area contributed by atoms with Gasteiger partial charge in [0.05, 0.1) is 6.26 Å². The minimum absolute atomic E-state index is 0.183. The summed E-state index contributed by atoms with van der Waals surface area (Å²) in [6.45, 7) is 0. The number of sulfonamides is 1. The number of hydrogen-bond donors (Lipinski definition) is 1. The first kappa shape index (κ1) is 15.8. The number of carbonyl (C=O) groups excluding carboxylic acids is 1. The van der Waals surface area contributed by atoms with Gasteiger partial charge in [0.2, 0.25) is 15.9 Å². The van der Waals surface area contributed by atoms with Crippen LogP contribution in [0.1, 0.15) is 37.7 Å². The predicted octanol–water partition coefficient (Wildman–Crippen LogP) is 2.60. The van der Waals surface area contributed by atoms with Crippen LogP contribution in [0.4, 0.5) is 4.39 Å². The molecule has 6 heteroatoms. The van der Waals surface area contributed by atoms with E-state index in [1.54, 1.807) is 12.1 Å². The highest BCUT2D eigenvalue weighted by atomic mass is 32.2. The summed E-state index contributed by atoms with van der Waals surface area (Å²) in [6.07, 6.45) is 6.02. The Hall–Kier alpha value is -1.43. The zero-order valence-corrected chi connectivity index (χ0v) is 15.0. The quantitative estimate of drug-likeness (QED) is 0.894. The fraction of sp³-hybridized carbons (Fsp3) is 0.632. The first-order valence-corrected chi connectivity index (χ1v) is 10.9. The molecule has 1 spiro atoms. The number of rotatable bonds is 4. The molecule has 1 aromatic carbocycles. The first-order valence-electron chi connectivity index (χ1n) is 9.02. The molecule has 6 unspecified atom stereocenters. The van der Waals surface area contributed by atoms with Crippen molar-refractivity contribution in [1.82, 2.24) is 4.72 Å². The predicted molar refractivity (Wildman–Crippen MR) is 90.5 cm³/mol. The Morgan fingerprint density at radius 3 is 2.52 bits per heavy atom. The van der Waals surface area contributed by atoms with Gasteiger partial charge < -0.3 is 0 Å². The summed E-state index contributed by atoms with van der Waals surface area (Å²) in [6, 6.07) is 6.52. The number of fused-ring (bicyclic) bond motifs is 1. The van der Waals surface area contributed by atoms with E-state index in [9.17, 15) is 17.6 Å². The van der Waals surface area contributed by atoms with Crippen LogP contribution < -0.4 is 4.72 Å². The van der Waals surface area contributed by atoms with Crippen molar-refractivity contribution in [3.63, 3.8) is 0 Å². The van der Waals surface area contributed by atoms with Crippen molar-refractivity contribution in [3.05, 3.63) is 35.6 Å². The Kier molecular flexibility index (Phi) is 2.93. The average molecular weight is 363 g/mol. The van der Waals surface area contributed by atoms with Crippen molar-refractivity contribution in [2.24, 2.45) is 29.1 Å². The van der Waals surface area contributed by atoms with Crippen LogP contribution in [-0.2, 0) is 20.2 Å². The van der Waals surface area contributed by atoms with Gasteiger partial charge >= 0.3 is 0 Å². The van der Waals surface area contributed by atoms with E-state index in [2.05, 4.69) is 4.72 Å². The van der Waals surface area contributed by atoms with Crippen LogP contribution in [0, 0.1) is 34.9 Å². The zero-order chi connectivity index (χ0) is 17.6. The lowest BCUT2D eigenvalue weighted by molar-refractivity contribution is -0.249. The molecule has 5 rings (SSSR count). The van der Waals surface area contributed by atoms with Crippen molar-refractivity contribution in [1.29, 1.82) is 0 Å². The molecule has 4 nitrogen and oxygen atoms in total. The molecule has 4 saturated carbocycles. The highest BCUT2D eigenvalue weighted by Crippen LogP contribution is 2.87. The highest BCUT2D eigenvalue weighted by molar-refractivity contribution is 7.89. The minimum atomic E-state index is -3.57. The van der Waals surface area contributed by atoms with E-state index in [0.717, 1.165) is 36.5 Å². The maximum atomic E-state index is 13.4. The van der Waals surface area contributed by atoms with Gasteiger partial charge in [-0.15, -0.1) is 0 Å². The zero-order valence-electron chi connectivity index (χ0n) is 14.2. The smallest absolute Gasteiger partial charge is 0.234 e. The van der Waals surface area contributed by atoms with Crippen LogP contribution in [0.25, 0.3) is 0 Å². The summed E-state index contributed by atoms with van der Waals surface area (Å²) < 4.78 is 38.5. The van der Waals surface area contributed by atoms with Crippen LogP contribution in [0.15, 0.2) is 24.3 Å². The number of halogens is 1. The molecule has 1 N–H and O–H groups in total. The van der Waals surface area contributed by atoms with Crippen LogP contribution in [0.2, 0.25) is 0 Å². The molecule has 0 heterocycles. The third-order valence-electron chi connectivity index (χ3n) is 7.78. The Morgan fingerprint density at radius 2 is 1.88 bits per heavy atom. The molecule has 1 amide bonds. The lowest BCUT2D eigenvalue weighted by Gasteiger charge is -2.77. The third-order valence-corrected chi connectivity index (χ3v) is 8.38. The molecule has 6 atom stereocenters. The van der Waals surface area contributed by atoms with Crippen LogP contribution >= 0.6 is 0 Å². The van der Waals surface area contributed by atoms with E-state index in [1.807, 2.05) is 0 Å². The van der Waals surface area contributed by atoms with Crippen molar-refractivity contribution < 1.29 is 17.6 Å². The van der Waals surface area contributed by atoms with E-state index >= 15 is 0 Å². The summed E-state index contributed by atoms with van der Waals surface area (Å²) in [7, 11) is -3.57. The minimum Gasteiger partial charge on any atom is -0.274 e. The van der Waals surface area contributed by atoms with Gasteiger partial charge in [0.1, 0.15) is 5.82 Å². The number of carbonyl (C=O) groups is 1. The molecule has 4 fully saturated rings. The van der Waals surface area contributed by atoms with Crippen molar-refractivity contribution in [2.45, 2.75) is 37.5 Å². The third kappa shape index (κ3) is 1.86. The van der Waals surface area contributed by atoms with Crippen molar-refractivity contribution >= 4 is 15.9 Å². The number of amides is 1. The molecule has 2 bridgehead atoms. The summed E-state index contributed by atoms with van der Waals surface area (Å²) in [5.74, 6) is 1.67. The highest BCUT2D eigenvalue weighted by Gasteiger charge is 2.83. The van der Waals surface area contributed by atoms with Crippen LogP contribution in [0.3, 0.4) is 0 Å². The molecular weight excluding hydrogens is 341 g/mol. The SMILES string of the molecule is CS(=O)(=O)NC(=O)CC1(c2ccc(F)cc2)C2CC3CC4CC1C42C3. The molecule has 0 saturated heterocycles. The maximum Gasteiger partial charge on any atom is 0.234 e.